The lowest BCUT2D eigenvalue weighted by molar-refractivity contribution is -0.149. The molecule has 0 unspecified atom stereocenters. The first-order chi connectivity index (χ1) is 16.1. The Bertz CT molecular complexity index is 890. The molecule has 3 atom stereocenters. The average molecular weight is 473 g/mol. The molecule has 2 N–H and O–H groups in total. The van der Waals surface area contributed by atoms with E-state index in [1.807, 2.05) is 32.9 Å². The van der Waals surface area contributed by atoms with Crippen LogP contribution in [0.1, 0.15) is 51.7 Å². The third-order valence-electron chi connectivity index (χ3n) is 6.41. The number of nitrogens with zero attached hydrogens (tertiary/aromatic N) is 1. The van der Waals surface area contributed by atoms with Crippen molar-refractivity contribution in [3.05, 3.63) is 35.4 Å². The Hall–Kier alpha value is -2.89. The number of amides is 2. The van der Waals surface area contributed by atoms with E-state index in [1.165, 1.54) is 4.90 Å². The normalized spacial score (nSPS) is 18.8. The van der Waals surface area contributed by atoms with Gasteiger partial charge in [-0.3, -0.25) is 9.59 Å². The van der Waals surface area contributed by atoms with Crippen LogP contribution < -0.4 is 5.32 Å². The number of benzene rings is 1. The van der Waals surface area contributed by atoms with E-state index in [2.05, 4.69) is 11.2 Å². The molecule has 1 heterocycles. The molecule has 0 saturated carbocycles. The molecule has 1 aliphatic rings. The van der Waals surface area contributed by atoms with Gasteiger partial charge in [0.15, 0.2) is 0 Å². The van der Waals surface area contributed by atoms with Gasteiger partial charge in [-0.2, -0.15) is 0 Å². The second-order valence-electron chi connectivity index (χ2n) is 9.27. The summed E-state index contributed by atoms with van der Waals surface area (Å²) in [6, 6.07) is 6.56. The van der Waals surface area contributed by atoms with Crippen molar-refractivity contribution in [3.8, 4) is 12.3 Å². The number of aliphatic hydroxyl groups excluding tert-OH is 1. The Morgan fingerprint density at radius 1 is 1.29 bits per heavy atom. The molecule has 1 aromatic carbocycles. The Kier molecular flexibility index (Phi) is 10.1. The number of likely N-dealkylation sites (tertiary alicyclic amines) is 1. The van der Waals surface area contributed by atoms with Crippen molar-refractivity contribution in [1.82, 2.24) is 10.2 Å². The second-order valence-corrected chi connectivity index (χ2v) is 9.27. The molecule has 0 bridgehead atoms. The van der Waals surface area contributed by atoms with Gasteiger partial charge in [0, 0.05) is 37.6 Å². The number of β-amino-alcohol motifs (C(OH)–C–C–N with tert-alkyl or cyclic N) is 1. The second kappa shape index (κ2) is 12.5. The molecule has 0 aliphatic carbocycles. The summed E-state index contributed by atoms with van der Waals surface area (Å²) in [5.74, 6) is 1.22. The van der Waals surface area contributed by atoms with Gasteiger partial charge >= 0.3 is 5.97 Å². The van der Waals surface area contributed by atoms with Gasteiger partial charge in [-0.05, 0) is 36.5 Å². The molecule has 186 valence electrons. The van der Waals surface area contributed by atoms with E-state index in [0.29, 0.717) is 26.2 Å². The number of ether oxygens (including phenoxy) is 2. The van der Waals surface area contributed by atoms with Crippen LogP contribution in [0, 0.1) is 23.7 Å². The van der Waals surface area contributed by atoms with E-state index in [4.69, 9.17) is 15.9 Å². The quantitative estimate of drug-likeness (QED) is 0.289. The number of hydrogen-bond donors (Lipinski definition) is 2. The standard InChI is InChI=1S/C26H36N2O6/c1-6-19-8-10-20(11-9-19)15-27-24(31)22-14-21(29)16-28(22)25(32)18(3)26(4,5)12-13-33-17-23(30)34-7-2/h1,8-11,18,21-22,29H,7,12-17H2,2-5H3,(H,27,31)/t18-,21+,22-/m0/s1. The fourth-order valence-electron chi connectivity index (χ4n) is 3.82. The van der Waals surface area contributed by atoms with Crippen molar-refractivity contribution < 1.29 is 29.0 Å². The predicted octanol–water partition coefficient (Wildman–Crippen LogP) is 1.88. The monoisotopic (exact) mass is 472 g/mol. The van der Waals surface area contributed by atoms with Crippen molar-refractivity contribution in [1.29, 1.82) is 0 Å². The zero-order valence-corrected chi connectivity index (χ0v) is 20.5. The van der Waals surface area contributed by atoms with Gasteiger partial charge in [0.05, 0.1) is 12.7 Å². The highest BCUT2D eigenvalue weighted by Gasteiger charge is 2.43. The summed E-state index contributed by atoms with van der Waals surface area (Å²) in [6.07, 6.45) is 5.35. The highest BCUT2D eigenvalue weighted by molar-refractivity contribution is 5.89. The number of rotatable bonds is 11. The minimum Gasteiger partial charge on any atom is -0.464 e. The van der Waals surface area contributed by atoms with Crippen molar-refractivity contribution in [2.75, 3.05) is 26.4 Å². The van der Waals surface area contributed by atoms with Crippen molar-refractivity contribution in [2.24, 2.45) is 11.3 Å². The largest absolute Gasteiger partial charge is 0.464 e. The van der Waals surface area contributed by atoms with E-state index in [0.717, 1.165) is 11.1 Å². The summed E-state index contributed by atoms with van der Waals surface area (Å²) in [4.78, 5) is 39.1. The maximum Gasteiger partial charge on any atom is 0.332 e. The average Bonchev–Trinajstić information content (AvgIpc) is 3.21. The number of aliphatic hydroxyl groups is 1. The highest BCUT2D eigenvalue weighted by Crippen LogP contribution is 2.34. The van der Waals surface area contributed by atoms with Crippen molar-refractivity contribution in [3.63, 3.8) is 0 Å². The lowest BCUT2D eigenvalue weighted by atomic mass is 9.76. The van der Waals surface area contributed by atoms with Gasteiger partial charge in [-0.15, -0.1) is 6.42 Å². The SMILES string of the molecule is C#Cc1ccc(CNC(=O)[C@@H]2C[C@@H](O)CN2C(=O)[C@H](C)C(C)(C)CCOCC(=O)OCC)cc1. The summed E-state index contributed by atoms with van der Waals surface area (Å²) < 4.78 is 10.2. The van der Waals surface area contributed by atoms with Crippen LogP contribution in [-0.2, 0) is 30.4 Å². The smallest absolute Gasteiger partial charge is 0.332 e. The molecule has 1 fully saturated rings. The van der Waals surface area contributed by atoms with Gasteiger partial charge in [0.2, 0.25) is 11.8 Å². The third kappa shape index (κ3) is 7.57. The fraction of sp³-hybridized carbons (Fsp3) is 0.577. The predicted molar refractivity (Wildman–Crippen MR) is 127 cm³/mol. The molecule has 8 heteroatoms. The van der Waals surface area contributed by atoms with Crippen LogP contribution in [0.2, 0.25) is 0 Å². The first-order valence-electron chi connectivity index (χ1n) is 11.6. The van der Waals surface area contributed by atoms with E-state index >= 15 is 0 Å². The number of esters is 1. The zero-order valence-electron chi connectivity index (χ0n) is 20.5. The van der Waals surface area contributed by atoms with Crippen LogP contribution in [-0.4, -0.2) is 66.3 Å². The van der Waals surface area contributed by atoms with Gasteiger partial charge < -0.3 is 24.8 Å². The van der Waals surface area contributed by atoms with Crippen molar-refractivity contribution in [2.45, 2.75) is 59.2 Å². The summed E-state index contributed by atoms with van der Waals surface area (Å²) in [6.45, 7) is 8.34. The van der Waals surface area contributed by atoms with Crippen molar-refractivity contribution >= 4 is 17.8 Å². The van der Waals surface area contributed by atoms with Gasteiger partial charge in [0.25, 0.3) is 0 Å². The molecule has 2 rings (SSSR count). The van der Waals surface area contributed by atoms with Crippen LogP contribution in [0.3, 0.4) is 0 Å². The maximum atomic E-state index is 13.3. The molecule has 8 nitrogen and oxygen atoms in total. The van der Waals surface area contributed by atoms with Gasteiger partial charge in [-0.1, -0.05) is 38.8 Å². The lowest BCUT2D eigenvalue weighted by Crippen LogP contribution is -2.49. The molecular weight excluding hydrogens is 436 g/mol. The Morgan fingerprint density at radius 3 is 2.59 bits per heavy atom. The molecule has 1 saturated heterocycles. The Morgan fingerprint density at radius 2 is 1.97 bits per heavy atom. The molecule has 2 amide bonds. The topological polar surface area (TPSA) is 105 Å². The Labute approximate surface area is 202 Å². The molecule has 1 aromatic rings. The van der Waals surface area contributed by atoms with Crippen LogP contribution in [0.25, 0.3) is 0 Å². The summed E-state index contributed by atoms with van der Waals surface area (Å²) in [5.41, 5.74) is 1.20. The van der Waals surface area contributed by atoms with E-state index in [-0.39, 0.29) is 31.4 Å². The third-order valence-corrected chi connectivity index (χ3v) is 6.41. The zero-order chi connectivity index (χ0) is 25.3. The minimum atomic E-state index is -0.752. The number of carbonyl (C=O) groups is 3. The van der Waals surface area contributed by atoms with Gasteiger partial charge in [-0.25, -0.2) is 4.79 Å². The molecular formula is C26H36N2O6. The minimum absolute atomic E-state index is 0.119. The van der Waals surface area contributed by atoms with E-state index < -0.39 is 29.4 Å². The van der Waals surface area contributed by atoms with Crippen LogP contribution >= 0.6 is 0 Å². The molecule has 0 radical (unpaired) electrons. The van der Waals surface area contributed by atoms with Crippen LogP contribution in [0.5, 0.6) is 0 Å². The maximum absolute atomic E-state index is 13.3. The van der Waals surface area contributed by atoms with E-state index in [1.54, 1.807) is 19.1 Å². The highest BCUT2D eigenvalue weighted by atomic mass is 16.6. The fourth-order valence-corrected chi connectivity index (χ4v) is 3.82. The number of terminal acetylenes is 1. The summed E-state index contributed by atoms with van der Waals surface area (Å²) in [7, 11) is 0. The molecule has 34 heavy (non-hydrogen) atoms. The first-order valence-corrected chi connectivity index (χ1v) is 11.6. The Balaban J connectivity index is 1.94. The first kappa shape index (κ1) is 27.4. The molecule has 0 spiro atoms. The number of carbonyl (C=O) groups excluding carboxylic acids is 3. The summed E-state index contributed by atoms with van der Waals surface area (Å²) in [5, 5.41) is 13.1. The van der Waals surface area contributed by atoms with E-state index in [9.17, 15) is 19.5 Å². The lowest BCUT2D eigenvalue weighted by Gasteiger charge is -2.35. The molecule has 0 aromatic heterocycles. The van der Waals surface area contributed by atoms with Crippen LogP contribution in [0.15, 0.2) is 24.3 Å². The van der Waals surface area contributed by atoms with Crippen LogP contribution in [0.4, 0.5) is 0 Å². The van der Waals surface area contributed by atoms with Gasteiger partial charge in [0.1, 0.15) is 12.6 Å². The number of nitrogens with one attached hydrogen (secondary N) is 1. The summed E-state index contributed by atoms with van der Waals surface area (Å²) >= 11 is 0. The molecule has 1 aliphatic heterocycles. The number of hydrogen-bond acceptors (Lipinski definition) is 6.